The van der Waals surface area contributed by atoms with E-state index in [4.69, 9.17) is 5.11 Å². The van der Waals surface area contributed by atoms with Crippen molar-refractivity contribution in [3.05, 3.63) is 59.2 Å². The van der Waals surface area contributed by atoms with Crippen molar-refractivity contribution in [2.75, 3.05) is 5.32 Å². The molecular weight excluding hydrogens is 311 g/mol. The lowest BCUT2D eigenvalue weighted by molar-refractivity contribution is -0.136. The molecule has 0 fully saturated rings. The number of benzene rings is 1. The second kappa shape index (κ2) is 6.78. The first-order valence-corrected chi connectivity index (χ1v) is 7.45. The number of nitrogens with zero attached hydrogens (tertiary/aromatic N) is 1. The minimum absolute atomic E-state index is 0.0631. The Morgan fingerprint density at radius 1 is 1.21 bits per heavy atom. The van der Waals surface area contributed by atoms with Crippen molar-refractivity contribution in [2.45, 2.75) is 32.6 Å². The summed E-state index contributed by atoms with van der Waals surface area (Å²) in [6.07, 6.45) is 1.24. The van der Waals surface area contributed by atoms with E-state index < -0.39 is 24.1 Å². The van der Waals surface area contributed by atoms with Gasteiger partial charge in [0.25, 0.3) is 5.91 Å². The van der Waals surface area contributed by atoms with Crippen molar-refractivity contribution >= 4 is 17.6 Å². The highest BCUT2D eigenvalue weighted by Crippen LogP contribution is 2.21. The number of nitrogens with one attached hydrogen (secondary N) is 1. The number of carbonyl (C=O) groups excluding carboxylic acids is 1. The summed E-state index contributed by atoms with van der Waals surface area (Å²) in [6, 6.07) is 7.35. The molecule has 0 saturated carbocycles. The van der Waals surface area contributed by atoms with Gasteiger partial charge in [0.05, 0.1) is 6.42 Å². The summed E-state index contributed by atoms with van der Waals surface area (Å²) in [5, 5.41) is 11.2. The smallest absolute Gasteiger partial charge is 0.307 e. The van der Waals surface area contributed by atoms with Crippen LogP contribution < -0.4 is 5.32 Å². The van der Waals surface area contributed by atoms with E-state index in [9.17, 15) is 14.0 Å². The van der Waals surface area contributed by atoms with Crippen LogP contribution >= 0.6 is 0 Å². The maximum Gasteiger partial charge on any atom is 0.307 e. The van der Waals surface area contributed by atoms with Gasteiger partial charge < -0.3 is 10.4 Å². The predicted octanol–water partition coefficient (Wildman–Crippen LogP) is 3.40. The molecule has 0 radical (unpaired) electrons. The Bertz CT molecular complexity index is 765. The van der Waals surface area contributed by atoms with Crippen molar-refractivity contribution in [3.63, 3.8) is 0 Å². The molecule has 2 N–H and O–H groups in total. The summed E-state index contributed by atoms with van der Waals surface area (Å²) < 4.78 is 13.8. The summed E-state index contributed by atoms with van der Waals surface area (Å²) in [5.41, 5.74) is 1.47. The monoisotopic (exact) mass is 330 g/mol. The predicted molar refractivity (Wildman–Crippen MR) is 88.6 cm³/mol. The van der Waals surface area contributed by atoms with Gasteiger partial charge in [-0.15, -0.1) is 0 Å². The van der Waals surface area contributed by atoms with Crippen molar-refractivity contribution in [2.24, 2.45) is 0 Å². The number of carbonyl (C=O) groups is 2. The lowest BCUT2D eigenvalue weighted by Crippen LogP contribution is -2.16. The fourth-order valence-electron chi connectivity index (χ4n) is 2.10. The molecule has 0 aliphatic carbocycles. The number of hydrogen-bond acceptors (Lipinski definition) is 3. The minimum atomic E-state index is -1.12. The zero-order valence-corrected chi connectivity index (χ0v) is 13.8. The molecule has 2 aromatic rings. The van der Waals surface area contributed by atoms with Gasteiger partial charge in [-0.3, -0.25) is 14.6 Å². The fraction of sp³-hybridized carbons (Fsp3) is 0.278. The maximum absolute atomic E-state index is 13.8. The number of aromatic nitrogens is 1. The van der Waals surface area contributed by atoms with E-state index in [-0.39, 0.29) is 22.4 Å². The molecule has 5 nitrogen and oxygen atoms in total. The summed E-state index contributed by atoms with van der Waals surface area (Å²) in [7, 11) is 0. The average Bonchev–Trinajstić information content (AvgIpc) is 2.49. The van der Waals surface area contributed by atoms with Crippen LogP contribution in [0.5, 0.6) is 0 Å². The molecule has 1 amide bonds. The highest BCUT2D eigenvalue weighted by atomic mass is 19.1. The second-order valence-corrected chi connectivity index (χ2v) is 6.51. The van der Waals surface area contributed by atoms with E-state index in [0.717, 1.165) is 11.6 Å². The Morgan fingerprint density at radius 3 is 2.42 bits per heavy atom. The Balaban J connectivity index is 2.12. The minimum Gasteiger partial charge on any atom is -0.481 e. The van der Waals surface area contributed by atoms with Crippen LogP contribution in [0.3, 0.4) is 0 Å². The molecule has 0 atom stereocenters. The molecule has 126 valence electrons. The summed E-state index contributed by atoms with van der Waals surface area (Å²) >= 11 is 0. The lowest BCUT2D eigenvalue weighted by atomic mass is 9.88. The van der Waals surface area contributed by atoms with Crippen LogP contribution in [0, 0.1) is 5.82 Å². The van der Waals surface area contributed by atoms with Gasteiger partial charge in [-0.1, -0.05) is 32.9 Å². The van der Waals surface area contributed by atoms with Gasteiger partial charge in [-0.05, 0) is 34.7 Å². The summed E-state index contributed by atoms with van der Waals surface area (Å²) in [5.74, 6) is -2.25. The zero-order valence-electron chi connectivity index (χ0n) is 13.8. The van der Waals surface area contributed by atoms with Crippen LogP contribution in [-0.2, 0) is 16.6 Å². The van der Waals surface area contributed by atoms with E-state index in [2.05, 4.69) is 10.3 Å². The fourth-order valence-corrected chi connectivity index (χ4v) is 2.10. The molecular formula is C18H19FN2O3. The third-order valence-electron chi connectivity index (χ3n) is 3.51. The first-order chi connectivity index (χ1) is 11.2. The van der Waals surface area contributed by atoms with Crippen molar-refractivity contribution in [1.82, 2.24) is 4.98 Å². The molecule has 0 spiro atoms. The van der Waals surface area contributed by atoms with Gasteiger partial charge in [0.2, 0.25) is 0 Å². The number of carboxylic acids is 1. The van der Waals surface area contributed by atoms with Crippen LogP contribution in [0.1, 0.15) is 42.4 Å². The Kier molecular flexibility index (Phi) is 4.97. The van der Waals surface area contributed by atoms with Gasteiger partial charge in [0, 0.05) is 11.9 Å². The summed E-state index contributed by atoms with van der Waals surface area (Å²) in [6.45, 7) is 6.14. The van der Waals surface area contributed by atoms with Gasteiger partial charge in [-0.25, -0.2) is 4.39 Å². The van der Waals surface area contributed by atoms with Crippen LogP contribution in [0.25, 0.3) is 0 Å². The van der Waals surface area contributed by atoms with E-state index >= 15 is 0 Å². The lowest BCUT2D eigenvalue weighted by Gasteiger charge is -2.18. The zero-order chi connectivity index (χ0) is 17.9. The number of pyridine rings is 1. The standard InChI is InChI=1S/C18H19FN2O3/c1-18(2,3)12-5-7-15(20-10-12)17(24)21-13-6-4-11(8-16(22)23)14(19)9-13/h4-7,9-10H,8H2,1-3H3,(H,21,24)(H,22,23). The highest BCUT2D eigenvalue weighted by Gasteiger charge is 2.16. The molecule has 0 aliphatic heterocycles. The van der Waals surface area contributed by atoms with Crippen molar-refractivity contribution < 1.29 is 19.1 Å². The molecule has 1 aromatic carbocycles. The van der Waals surface area contributed by atoms with Crippen molar-refractivity contribution in [1.29, 1.82) is 0 Å². The summed E-state index contributed by atoms with van der Waals surface area (Å²) in [4.78, 5) is 26.9. The molecule has 0 aliphatic rings. The number of anilines is 1. The first kappa shape index (κ1) is 17.6. The van der Waals surface area contributed by atoms with E-state index in [0.29, 0.717) is 0 Å². The van der Waals surface area contributed by atoms with Crippen LogP contribution in [0.15, 0.2) is 36.5 Å². The third kappa shape index (κ3) is 4.38. The van der Waals surface area contributed by atoms with E-state index in [1.165, 1.54) is 12.1 Å². The van der Waals surface area contributed by atoms with Gasteiger partial charge in [0.15, 0.2) is 0 Å². The van der Waals surface area contributed by atoms with Crippen LogP contribution in [0.4, 0.5) is 10.1 Å². The number of aliphatic carboxylic acids is 1. The Morgan fingerprint density at radius 2 is 1.92 bits per heavy atom. The van der Waals surface area contributed by atoms with Crippen LogP contribution in [-0.4, -0.2) is 22.0 Å². The molecule has 24 heavy (non-hydrogen) atoms. The van der Waals surface area contributed by atoms with Gasteiger partial charge in [-0.2, -0.15) is 0 Å². The molecule has 1 aromatic heterocycles. The SMILES string of the molecule is CC(C)(C)c1ccc(C(=O)Nc2ccc(CC(=O)O)c(F)c2)nc1. The van der Waals surface area contributed by atoms with Gasteiger partial charge in [0.1, 0.15) is 11.5 Å². The van der Waals surface area contributed by atoms with Crippen LogP contribution in [0.2, 0.25) is 0 Å². The Hall–Kier alpha value is -2.76. The number of halogens is 1. The molecule has 0 bridgehead atoms. The number of hydrogen-bond donors (Lipinski definition) is 2. The van der Waals surface area contributed by atoms with Gasteiger partial charge >= 0.3 is 5.97 Å². The second-order valence-electron chi connectivity index (χ2n) is 6.51. The van der Waals surface area contributed by atoms with E-state index in [1.807, 2.05) is 26.8 Å². The molecule has 1 heterocycles. The van der Waals surface area contributed by atoms with Crippen molar-refractivity contribution in [3.8, 4) is 0 Å². The average molecular weight is 330 g/mol. The molecule has 2 rings (SSSR count). The molecule has 0 unspecified atom stereocenters. The molecule has 6 heteroatoms. The normalized spacial score (nSPS) is 11.2. The largest absolute Gasteiger partial charge is 0.481 e. The molecule has 0 saturated heterocycles. The third-order valence-corrected chi connectivity index (χ3v) is 3.51. The maximum atomic E-state index is 13.8. The number of carboxylic acid groups (broad SMARTS) is 1. The number of amides is 1. The topological polar surface area (TPSA) is 79.3 Å². The highest BCUT2D eigenvalue weighted by molar-refractivity contribution is 6.02. The van der Waals surface area contributed by atoms with E-state index in [1.54, 1.807) is 12.3 Å². The quantitative estimate of drug-likeness (QED) is 0.900. The Labute approximate surface area is 139 Å². The first-order valence-electron chi connectivity index (χ1n) is 7.45. The number of rotatable bonds is 4.